The molecule has 1 heterocycles. The number of nitrogens with two attached hydrogens (primary N) is 1. The molecule has 0 bridgehead atoms. The molecule has 27 heavy (non-hydrogen) atoms. The highest BCUT2D eigenvalue weighted by Crippen LogP contribution is 2.18. The zero-order valence-electron chi connectivity index (χ0n) is 16.5. The van der Waals surface area contributed by atoms with Crippen LogP contribution in [-0.4, -0.2) is 26.7 Å². The Balaban J connectivity index is 1.71. The van der Waals surface area contributed by atoms with E-state index >= 15 is 0 Å². The van der Waals surface area contributed by atoms with Crippen molar-refractivity contribution in [2.24, 2.45) is 0 Å². The fourth-order valence-corrected chi connectivity index (χ4v) is 3.52. The van der Waals surface area contributed by atoms with E-state index in [1.54, 1.807) is 6.07 Å². The van der Waals surface area contributed by atoms with Crippen molar-refractivity contribution in [3.63, 3.8) is 0 Å². The van der Waals surface area contributed by atoms with Gasteiger partial charge in [0, 0.05) is 23.4 Å². The lowest BCUT2D eigenvalue weighted by molar-refractivity contribution is -0.903. The van der Waals surface area contributed by atoms with Crippen molar-refractivity contribution in [2.75, 3.05) is 20.6 Å². The van der Waals surface area contributed by atoms with E-state index in [0.717, 1.165) is 36.9 Å². The second-order valence-electron chi connectivity index (χ2n) is 7.47. The summed E-state index contributed by atoms with van der Waals surface area (Å²) in [4.78, 5) is 13.4. The number of hydrogen-bond acceptors (Lipinski definition) is 2. The van der Waals surface area contributed by atoms with Crippen molar-refractivity contribution >= 4 is 11.0 Å². The van der Waals surface area contributed by atoms with E-state index < -0.39 is 0 Å². The third-order valence-electron chi connectivity index (χ3n) is 5.26. The van der Waals surface area contributed by atoms with Crippen molar-refractivity contribution in [2.45, 2.75) is 32.4 Å². The van der Waals surface area contributed by atoms with E-state index in [-0.39, 0.29) is 5.63 Å². The normalized spacial score (nSPS) is 12.6. The van der Waals surface area contributed by atoms with Gasteiger partial charge in [-0.2, -0.15) is 0 Å². The second kappa shape index (κ2) is 8.98. The molecular formula is C23H30N2O2+2. The summed E-state index contributed by atoms with van der Waals surface area (Å²) in [6, 6.07) is 19.0. The van der Waals surface area contributed by atoms with Gasteiger partial charge in [0.05, 0.1) is 14.1 Å². The first-order chi connectivity index (χ1) is 13.1. The highest BCUT2D eigenvalue weighted by Gasteiger charge is 2.18. The zero-order chi connectivity index (χ0) is 19.2. The fourth-order valence-electron chi connectivity index (χ4n) is 3.52. The van der Waals surface area contributed by atoms with Gasteiger partial charge < -0.3 is 14.6 Å². The predicted molar refractivity (Wildman–Crippen MR) is 109 cm³/mol. The minimum Gasteiger partial charge on any atom is -0.423 e. The fraction of sp³-hybridized carbons (Fsp3) is 0.348. The molecule has 142 valence electrons. The Bertz CT molecular complexity index is 932. The Morgan fingerprint density at radius 2 is 1.81 bits per heavy atom. The standard InChI is InChI=1S/C23H28N2O2/c1-4-17-10-11-21-19(14-23(26)27-22(21)13-17)15-24-16-20(25(2)3)12-18-8-6-5-7-9-18/h5-11,13-14,20,24H,4,12,15-16H2,1-3H3/p+2/t20-/m0/s1. The number of hydrogen-bond donors (Lipinski definition) is 2. The highest BCUT2D eigenvalue weighted by molar-refractivity contribution is 5.80. The second-order valence-corrected chi connectivity index (χ2v) is 7.47. The maximum absolute atomic E-state index is 12.0. The summed E-state index contributed by atoms with van der Waals surface area (Å²) < 4.78 is 5.42. The van der Waals surface area contributed by atoms with Crippen LogP contribution in [0.15, 0.2) is 63.8 Å². The minimum absolute atomic E-state index is 0.266. The lowest BCUT2D eigenvalue weighted by Crippen LogP contribution is -3.14. The lowest BCUT2D eigenvalue weighted by atomic mass is 10.0. The molecule has 0 radical (unpaired) electrons. The molecule has 3 N–H and O–H groups in total. The van der Waals surface area contributed by atoms with Crippen LogP contribution < -0.4 is 15.8 Å². The summed E-state index contributed by atoms with van der Waals surface area (Å²) in [7, 11) is 4.42. The monoisotopic (exact) mass is 366 g/mol. The van der Waals surface area contributed by atoms with Crippen LogP contribution >= 0.6 is 0 Å². The summed E-state index contributed by atoms with van der Waals surface area (Å²) in [5, 5.41) is 3.35. The SMILES string of the molecule is CCc1ccc2c(C[NH2+]C[C@H](Cc3ccccc3)[NH+](C)C)cc(=O)oc2c1. The average molecular weight is 367 g/mol. The van der Waals surface area contributed by atoms with Gasteiger partial charge in [0.25, 0.3) is 0 Å². The van der Waals surface area contributed by atoms with Gasteiger partial charge in [0.2, 0.25) is 0 Å². The summed E-state index contributed by atoms with van der Waals surface area (Å²) in [5.74, 6) is 0. The molecule has 0 aliphatic rings. The van der Waals surface area contributed by atoms with Crippen LogP contribution in [0, 0.1) is 0 Å². The number of quaternary nitrogens is 2. The molecule has 1 aromatic heterocycles. The van der Waals surface area contributed by atoms with Gasteiger partial charge in [-0.3, -0.25) is 0 Å². The first kappa shape index (κ1) is 19.3. The van der Waals surface area contributed by atoms with E-state index in [1.807, 2.05) is 6.07 Å². The highest BCUT2D eigenvalue weighted by atomic mass is 16.4. The summed E-state index contributed by atoms with van der Waals surface area (Å²) >= 11 is 0. The lowest BCUT2D eigenvalue weighted by Gasteiger charge is -2.20. The minimum atomic E-state index is -0.266. The van der Waals surface area contributed by atoms with Gasteiger partial charge in [-0.25, -0.2) is 4.79 Å². The van der Waals surface area contributed by atoms with Gasteiger partial charge >= 0.3 is 5.63 Å². The van der Waals surface area contributed by atoms with Crippen LogP contribution in [0.3, 0.4) is 0 Å². The first-order valence-electron chi connectivity index (χ1n) is 9.78. The van der Waals surface area contributed by atoms with Gasteiger partial charge in [0.15, 0.2) is 0 Å². The van der Waals surface area contributed by atoms with Crippen molar-refractivity contribution in [3.05, 3.63) is 81.7 Å². The zero-order valence-corrected chi connectivity index (χ0v) is 16.5. The van der Waals surface area contributed by atoms with Crippen LogP contribution in [0.4, 0.5) is 0 Å². The van der Waals surface area contributed by atoms with Crippen LogP contribution in [0.2, 0.25) is 0 Å². The Labute approximate surface area is 160 Å². The molecule has 0 saturated heterocycles. The van der Waals surface area contributed by atoms with Gasteiger partial charge in [-0.15, -0.1) is 0 Å². The maximum Gasteiger partial charge on any atom is 0.336 e. The smallest absolute Gasteiger partial charge is 0.336 e. The van der Waals surface area contributed by atoms with Gasteiger partial charge in [-0.05, 0) is 23.6 Å². The Kier molecular flexibility index (Phi) is 6.43. The predicted octanol–water partition coefficient (Wildman–Crippen LogP) is 1.17. The molecule has 4 heteroatoms. The molecule has 0 unspecified atom stereocenters. The van der Waals surface area contributed by atoms with E-state index in [4.69, 9.17) is 4.42 Å². The summed E-state index contributed by atoms with van der Waals surface area (Å²) in [5.41, 5.74) is 4.04. The molecule has 3 rings (SSSR count). The molecule has 0 aliphatic heterocycles. The number of fused-ring (bicyclic) bond motifs is 1. The number of nitrogens with one attached hydrogen (secondary N) is 1. The van der Waals surface area contributed by atoms with E-state index in [9.17, 15) is 4.79 Å². The van der Waals surface area contributed by atoms with Crippen molar-refractivity contribution < 1.29 is 14.6 Å². The number of likely N-dealkylation sites (N-methyl/N-ethyl adjacent to an activating group) is 1. The molecule has 3 aromatic rings. The molecule has 0 saturated carbocycles. The Hall–Kier alpha value is -2.43. The third-order valence-corrected chi connectivity index (χ3v) is 5.26. The van der Waals surface area contributed by atoms with Crippen molar-refractivity contribution in [1.29, 1.82) is 0 Å². The van der Waals surface area contributed by atoms with Crippen molar-refractivity contribution in [1.82, 2.24) is 0 Å². The van der Waals surface area contributed by atoms with E-state index in [0.29, 0.717) is 11.6 Å². The number of rotatable bonds is 8. The number of benzene rings is 2. The van der Waals surface area contributed by atoms with Crippen molar-refractivity contribution in [3.8, 4) is 0 Å². The third kappa shape index (κ3) is 5.06. The molecule has 2 aromatic carbocycles. The molecule has 0 aliphatic carbocycles. The summed E-state index contributed by atoms with van der Waals surface area (Å²) in [6.45, 7) is 3.89. The average Bonchev–Trinajstić information content (AvgIpc) is 2.67. The largest absolute Gasteiger partial charge is 0.423 e. The molecular weight excluding hydrogens is 336 g/mol. The molecule has 1 atom stereocenters. The molecule has 0 spiro atoms. The van der Waals surface area contributed by atoms with Gasteiger partial charge in [0.1, 0.15) is 24.7 Å². The Morgan fingerprint density at radius 3 is 2.52 bits per heavy atom. The number of aryl methyl sites for hydroxylation is 1. The Morgan fingerprint density at radius 1 is 1.04 bits per heavy atom. The van der Waals surface area contributed by atoms with E-state index in [2.05, 4.69) is 68.8 Å². The molecule has 4 nitrogen and oxygen atoms in total. The molecule has 0 fully saturated rings. The quantitative estimate of drug-likeness (QED) is 0.588. The summed E-state index contributed by atoms with van der Waals surface area (Å²) in [6.07, 6.45) is 1.99. The van der Waals surface area contributed by atoms with Crippen LogP contribution in [0.1, 0.15) is 23.6 Å². The van der Waals surface area contributed by atoms with Crippen LogP contribution in [0.25, 0.3) is 11.0 Å². The van der Waals surface area contributed by atoms with Crippen LogP contribution in [-0.2, 0) is 19.4 Å². The van der Waals surface area contributed by atoms with Gasteiger partial charge in [-0.1, -0.05) is 49.4 Å². The first-order valence-corrected chi connectivity index (χ1v) is 9.78. The topological polar surface area (TPSA) is 51.3 Å². The molecule has 0 amide bonds. The van der Waals surface area contributed by atoms with Crippen LogP contribution in [0.5, 0.6) is 0 Å². The maximum atomic E-state index is 12.0. The van der Waals surface area contributed by atoms with E-state index in [1.165, 1.54) is 16.0 Å².